The summed E-state index contributed by atoms with van der Waals surface area (Å²) in [4.78, 5) is 36.6. The number of likely N-dealkylation sites (N-methyl/N-ethyl adjacent to an activating group) is 1. The molecule has 3 aliphatic heterocycles. The average molecular weight is 435 g/mol. The highest BCUT2D eigenvalue weighted by Gasteiger charge is 2.39. The van der Waals surface area contributed by atoms with Crippen molar-refractivity contribution >= 4 is 23.4 Å². The van der Waals surface area contributed by atoms with Crippen molar-refractivity contribution in [2.75, 3.05) is 50.4 Å². The minimum Gasteiger partial charge on any atom is -0.331 e. The number of pyridine rings is 1. The number of benzene rings is 1. The molecule has 3 amide bonds. The maximum Gasteiger partial charge on any atom is 0.324 e. The number of carbonyl (C=O) groups is 2. The second kappa shape index (κ2) is 8.88. The fourth-order valence-corrected chi connectivity index (χ4v) is 5.02. The van der Waals surface area contributed by atoms with E-state index in [1.165, 1.54) is 0 Å². The number of aromatic nitrogens is 1. The summed E-state index contributed by atoms with van der Waals surface area (Å²) in [5.74, 6) is 0.601. The minimum atomic E-state index is -0.343. The van der Waals surface area contributed by atoms with E-state index in [0.29, 0.717) is 17.1 Å². The third kappa shape index (κ3) is 4.20. The van der Waals surface area contributed by atoms with E-state index in [-0.39, 0.29) is 18.0 Å². The SMILES string of the molecule is CN1CCN(Cc2ccnc(NC(=O)Nc3cccc4c3C3CCCCN3C4=O)c2)CC1. The fraction of sp³-hybridized carbons (Fsp3) is 0.458. The summed E-state index contributed by atoms with van der Waals surface area (Å²) in [7, 11) is 2.15. The Morgan fingerprint density at radius 3 is 2.78 bits per heavy atom. The number of carbonyl (C=O) groups excluding carboxylic acids is 2. The van der Waals surface area contributed by atoms with Gasteiger partial charge in [0.05, 0.1) is 6.04 Å². The number of piperidine rings is 1. The normalized spacial score (nSPS) is 21.2. The molecule has 1 aromatic heterocycles. The van der Waals surface area contributed by atoms with Crippen LogP contribution in [-0.2, 0) is 6.54 Å². The Kier molecular flexibility index (Phi) is 5.80. The molecule has 32 heavy (non-hydrogen) atoms. The molecule has 0 aliphatic carbocycles. The molecular formula is C24H30N6O2. The molecule has 168 valence electrons. The predicted octanol–water partition coefficient (Wildman–Crippen LogP) is 3.15. The lowest BCUT2D eigenvalue weighted by molar-refractivity contribution is 0.0672. The van der Waals surface area contributed by atoms with E-state index in [2.05, 4.69) is 32.5 Å². The Bertz CT molecular complexity index is 1020. The largest absolute Gasteiger partial charge is 0.331 e. The van der Waals surface area contributed by atoms with E-state index in [1.807, 2.05) is 35.2 Å². The lowest BCUT2D eigenvalue weighted by Gasteiger charge is -2.32. The van der Waals surface area contributed by atoms with Crippen molar-refractivity contribution in [2.45, 2.75) is 31.8 Å². The first kappa shape index (κ1) is 20.9. The van der Waals surface area contributed by atoms with Crippen molar-refractivity contribution in [1.29, 1.82) is 0 Å². The van der Waals surface area contributed by atoms with Crippen LogP contribution in [0.5, 0.6) is 0 Å². The molecule has 0 radical (unpaired) electrons. The summed E-state index contributed by atoms with van der Waals surface area (Å²) in [6.45, 7) is 5.85. The van der Waals surface area contributed by atoms with Crippen molar-refractivity contribution in [3.63, 3.8) is 0 Å². The smallest absolute Gasteiger partial charge is 0.324 e. The molecule has 0 spiro atoms. The van der Waals surface area contributed by atoms with Crippen LogP contribution in [0.1, 0.15) is 46.8 Å². The molecular weight excluding hydrogens is 404 g/mol. The van der Waals surface area contributed by atoms with Crippen LogP contribution in [0.3, 0.4) is 0 Å². The lowest BCUT2D eigenvalue weighted by atomic mass is 9.96. The summed E-state index contributed by atoms with van der Waals surface area (Å²) in [6.07, 6.45) is 4.81. The van der Waals surface area contributed by atoms with Crippen LogP contribution in [-0.4, -0.2) is 71.4 Å². The highest BCUT2D eigenvalue weighted by molar-refractivity contribution is 6.05. The third-order valence-corrected chi connectivity index (χ3v) is 6.75. The zero-order valence-electron chi connectivity index (χ0n) is 18.5. The molecule has 2 aromatic rings. The quantitative estimate of drug-likeness (QED) is 0.773. The van der Waals surface area contributed by atoms with Crippen LogP contribution in [0.15, 0.2) is 36.5 Å². The van der Waals surface area contributed by atoms with Gasteiger partial charge in [-0.2, -0.15) is 0 Å². The molecule has 2 fully saturated rings. The average Bonchev–Trinajstić information content (AvgIpc) is 3.09. The van der Waals surface area contributed by atoms with Gasteiger partial charge in [0, 0.05) is 62.3 Å². The zero-order valence-corrected chi connectivity index (χ0v) is 18.5. The van der Waals surface area contributed by atoms with Gasteiger partial charge in [-0.15, -0.1) is 0 Å². The molecule has 0 saturated carbocycles. The first-order chi connectivity index (χ1) is 15.6. The lowest BCUT2D eigenvalue weighted by Crippen LogP contribution is -2.43. The molecule has 8 heteroatoms. The summed E-state index contributed by atoms with van der Waals surface area (Å²) in [5.41, 5.74) is 3.49. The summed E-state index contributed by atoms with van der Waals surface area (Å²) in [5, 5.41) is 5.83. The van der Waals surface area contributed by atoms with Gasteiger partial charge in [-0.1, -0.05) is 6.07 Å². The maximum atomic E-state index is 12.8. The topological polar surface area (TPSA) is 80.8 Å². The number of hydrogen-bond donors (Lipinski definition) is 2. The Morgan fingerprint density at radius 1 is 1.09 bits per heavy atom. The minimum absolute atomic E-state index is 0.0628. The van der Waals surface area contributed by atoms with Gasteiger partial charge in [0.2, 0.25) is 0 Å². The molecule has 2 saturated heterocycles. The fourth-order valence-electron chi connectivity index (χ4n) is 5.02. The van der Waals surface area contributed by atoms with Crippen molar-refractivity contribution in [3.05, 3.63) is 53.2 Å². The van der Waals surface area contributed by atoms with E-state index in [9.17, 15) is 9.59 Å². The van der Waals surface area contributed by atoms with Gasteiger partial charge >= 0.3 is 6.03 Å². The van der Waals surface area contributed by atoms with Gasteiger partial charge in [-0.3, -0.25) is 15.0 Å². The number of nitrogens with one attached hydrogen (secondary N) is 2. The van der Waals surface area contributed by atoms with Gasteiger partial charge in [0.25, 0.3) is 5.91 Å². The molecule has 2 N–H and O–H groups in total. The first-order valence-corrected chi connectivity index (χ1v) is 11.5. The third-order valence-electron chi connectivity index (χ3n) is 6.75. The van der Waals surface area contributed by atoms with Gasteiger partial charge in [0.1, 0.15) is 5.82 Å². The molecule has 0 bridgehead atoms. The molecule has 1 unspecified atom stereocenters. The van der Waals surface area contributed by atoms with Crippen molar-refractivity contribution in [1.82, 2.24) is 19.7 Å². The molecule has 1 atom stereocenters. The van der Waals surface area contributed by atoms with Gasteiger partial charge in [-0.05, 0) is 56.1 Å². The molecule has 8 nitrogen and oxygen atoms in total. The summed E-state index contributed by atoms with van der Waals surface area (Å²) in [6, 6.07) is 9.22. The van der Waals surface area contributed by atoms with E-state index in [1.54, 1.807) is 6.20 Å². The highest BCUT2D eigenvalue weighted by Crippen LogP contribution is 2.43. The van der Waals surface area contributed by atoms with Gasteiger partial charge < -0.3 is 15.1 Å². The van der Waals surface area contributed by atoms with Gasteiger partial charge in [0.15, 0.2) is 0 Å². The number of hydrogen-bond acceptors (Lipinski definition) is 5. The second-order valence-electron chi connectivity index (χ2n) is 8.98. The molecule has 3 aliphatic rings. The summed E-state index contributed by atoms with van der Waals surface area (Å²) < 4.78 is 0. The van der Waals surface area contributed by atoms with Crippen LogP contribution in [0.4, 0.5) is 16.3 Å². The number of piperazine rings is 1. The van der Waals surface area contributed by atoms with Crippen LogP contribution in [0, 0.1) is 0 Å². The van der Waals surface area contributed by atoms with Crippen molar-refractivity contribution < 1.29 is 9.59 Å². The first-order valence-electron chi connectivity index (χ1n) is 11.5. The van der Waals surface area contributed by atoms with E-state index < -0.39 is 0 Å². The standard InChI is InChI=1S/C24H30N6O2/c1-28-11-13-29(14-12-28)16-17-8-9-25-21(15-17)27-24(32)26-19-6-4-5-18-22(19)20-7-2-3-10-30(20)23(18)31/h4-6,8-9,15,20H,2-3,7,10-14,16H2,1H3,(H2,25,26,27,32). The van der Waals surface area contributed by atoms with Crippen molar-refractivity contribution in [3.8, 4) is 0 Å². The number of rotatable bonds is 4. The zero-order chi connectivity index (χ0) is 22.1. The number of anilines is 2. The number of fused-ring (bicyclic) bond motifs is 3. The molecule has 4 heterocycles. The van der Waals surface area contributed by atoms with Crippen LogP contribution in [0.25, 0.3) is 0 Å². The number of amides is 3. The van der Waals surface area contributed by atoms with E-state index >= 15 is 0 Å². The Hall–Kier alpha value is -2.97. The summed E-state index contributed by atoms with van der Waals surface area (Å²) >= 11 is 0. The Labute approximate surface area is 188 Å². The van der Waals surface area contributed by atoms with Crippen molar-refractivity contribution in [2.24, 2.45) is 0 Å². The second-order valence-corrected chi connectivity index (χ2v) is 8.98. The number of nitrogens with zero attached hydrogens (tertiary/aromatic N) is 4. The Morgan fingerprint density at radius 2 is 1.94 bits per heavy atom. The molecule has 1 aromatic carbocycles. The maximum absolute atomic E-state index is 12.8. The van der Waals surface area contributed by atoms with Gasteiger partial charge in [-0.25, -0.2) is 9.78 Å². The van der Waals surface area contributed by atoms with E-state index in [0.717, 1.165) is 69.7 Å². The monoisotopic (exact) mass is 434 g/mol. The highest BCUT2D eigenvalue weighted by atomic mass is 16.2. The van der Waals surface area contributed by atoms with Crippen LogP contribution < -0.4 is 10.6 Å². The predicted molar refractivity (Wildman–Crippen MR) is 124 cm³/mol. The molecule has 5 rings (SSSR count). The van der Waals surface area contributed by atoms with E-state index in [4.69, 9.17) is 0 Å². The van der Waals surface area contributed by atoms with Crippen LogP contribution >= 0.6 is 0 Å². The number of urea groups is 1. The van der Waals surface area contributed by atoms with Crippen LogP contribution in [0.2, 0.25) is 0 Å². The Balaban J connectivity index is 1.26.